The van der Waals surface area contributed by atoms with Gasteiger partial charge in [-0.05, 0) is 13.8 Å². The summed E-state index contributed by atoms with van der Waals surface area (Å²) in [4.78, 5) is 12.2. The number of fused-ring (bicyclic) bond motifs is 1. The molecule has 0 radical (unpaired) electrons. The molecule has 2 aromatic rings. The van der Waals surface area contributed by atoms with Crippen molar-refractivity contribution in [3.63, 3.8) is 0 Å². The predicted molar refractivity (Wildman–Crippen MR) is 71.8 cm³/mol. The highest BCUT2D eigenvalue weighted by Gasteiger charge is 2.15. The molecule has 2 heterocycles. The van der Waals surface area contributed by atoms with E-state index in [1.807, 2.05) is 13.8 Å². The number of nitrogen functional groups attached to an aromatic ring is 1. The van der Waals surface area contributed by atoms with E-state index in [-0.39, 0.29) is 17.4 Å². The molecule has 0 aliphatic rings. The summed E-state index contributed by atoms with van der Waals surface area (Å²) in [5.41, 5.74) is 6.68. The smallest absolute Gasteiger partial charge is 0.223 e. The van der Waals surface area contributed by atoms with Crippen molar-refractivity contribution in [1.82, 2.24) is 19.5 Å². The minimum atomic E-state index is -0.359. The van der Waals surface area contributed by atoms with Gasteiger partial charge in [0.05, 0.1) is 12.9 Å². The van der Waals surface area contributed by atoms with Crippen LogP contribution in [0.2, 0.25) is 5.15 Å². The highest BCUT2D eigenvalue weighted by atomic mass is 35.5. The molecule has 0 saturated carbocycles. The quantitative estimate of drug-likeness (QED) is 0.638. The first-order valence-electron chi connectivity index (χ1n) is 6.02. The Morgan fingerprint density at radius 1 is 1.32 bits per heavy atom. The topological polar surface area (TPSA) is 88.1 Å². The second-order valence-electron chi connectivity index (χ2n) is 3.78. The van der Waals surface area contributed by atoms with Gasteiger partial charge in [0.15, 0.2) is 17.1 Å². The van der Waals surface area contributed by atoms with Crippen molar-refractivity contribution in [2.75, 3.05) is 18.9 Å². The van der Waals surface area contributed by atoms with Gasteiger partial charge < -0.3 is 19.8 Å². The van der Waals surface area contributed by atoms with Crippen LogP contribution in [-0.2, 0) is 16.0 Å². The van der Waals surface area contributed by atoms with Crippen LogP contribution in [0.1, 0.15) is 13.8 Å². The Morgan fingerprint density at radius 3 is 2.63 bits per heavy atom. The molecule has 0 atom stereocenters. The van der Waals surface area contributed by atoms with Crippen molar-refractivity contribution < 1.29 is 9.47 Å². The molecule has 7 nitrogen and oxygen atoms in total. The molecule has 0 bridgehead atoms. The van der Waals surface area contributed by atoms with Gasteiger partial charge in [-0.15, -0.1) is 0 Å². The molecule has 0 saturated heterocycles. The van der Waals surface area contributed by atoms with Crippen molar-refractivity contribution in [3.8, 4) is 0 Å². The molecule has 0 fully saturated rings. The van der Waals surface area contributed by atoms with Gasteiger partial charge in [0.2, 0.25) is 5.95 Å². The van der Waals surface area contributed by atoms with Crippen LogP contribution < -0.4 is 5.73 Å². The highest BCUT2D eigenvalue weighted by Crippen LogP contribution is 2.20. The number of anilines is 1. The zero-order valence-electron chi connectivity index (χ0n) is 10.8. The van der Waals surface area contributed by atoms with Crippen LogP contribution in [0.4, 0.5) is 5.95 Å². The van der Waals surface area contributed by atoms with Crippen molar-refractivity contribution in [3.05, 3.63) is 11.5 Å². The number of halogens is 1. The van der Waals surface area contributed by atoms with Gasteiger partial charge in [-0.25, -0.2) is 4.98 Å². The van der Waals surface area contributed by atoms with Crippen LogP contribution >= 0.6 is 11.6 Å². The van der Waals surface area contributed by atoms with Gasteiger partial charge in [0, 0.05) is 13.2 Å². The summed E-state index contributed by atoms with van der Waals surface area (Å²) in [7, 11) is 0. The van der Waals surface area contributed by atoms with E-state index in [4.69, 9.17) is 26.8 Å². The largest absolute Gasteiger partial charge is 0.368 e. The Labute approximate surface area is 115 Å². The van der Waals surface area contributed by atoms with E-state index in [2.05, 4.69) is 15.0 Å². The van der Waals surface area contributed by atoms with Crippen molar-refractivity contribution >= 4 is 28.7 Å². The maximum absolute atomic E-state index is 5.97. The molecule has 0 aromatic carbocycles. The predicted octanol–water partition coefficient (Wildman–Crippen LogP) is 1.46. The normalized spacial score (nSPS) is 11.6. The summed E-state index contributed by atoms with van der Waals surface area (Å²) in [5.74, 6) is 0.114. The number of nitrogens with two attached hydrogens (primary N) is 1. The number of hydrogen-bond acceptors (Lipinski definition) is 6. The van der Waals surface area contributed by atoms with Gasteiger partial charge in [-0.3, -0.25) is 0 Å². The fourth-order valence-electron chi connectivity index (χ4n) is 1.75. The Balaban J connectivity index is 2.29. The average molecular weight is 286 g/mol. The number of rotatable bonds is 6. The van der Waals surface area contributed by atoms with Crippen LogP contribution in [0.3, 0.4) is 0 Å². The van der Waals surface area contributed by atoms with E-state index in [9.17, 15) is 0 Å². The summed E-state index contributed by atoms with van der Waals surface area (Å²) >= 11 is 5.97. The summed E-state index contributed by atoms with van der Waals surface area (Å²) in [6, 6.07) is 0. The Hall–Kier alpha value is -1.44. The molecule has 0 aliphatic carbocycles. The Kier molecular flexibility index (Phi) is 4.52. The van der Waals surface area contributed by atoms with E-state index in [0.717, 1.165) is 0 Å². The Bertz CT molecular complexity index is 553. The monoisotopic (exact) mass is 285 g/mol. The Morgan fingerprint density at radius 2 is 2.00 bits per heavy atom. The van der Waals surface area contributed by atoms with E-state index < -0.39 is 0 Å². The van der Waals surface area contributed by atoms with Crippen LogP contribution in [-0.4, -0.2) is 39.0 Å². The van der Waals surface area contributed by atoms with Crippen molar-refractivity contribution in [2.24, 2.45) is 0 Å². The second-order valence-corrected chi connectivity index (χ2v) is 4.14. The first kappa shape index (κ1) is 14.0. The van der Waals surface area contributed by atoms with E-state index >= 15 is 0 Å². The fourth-order valence-corrected chi connectivity index (χ4v) is 1.97. The number of nitrogens with zero attached hydrogens (tertiary/aromatic N) is 4. The molecule has 104 valence electrons. The minimum Gasteiger partial charge on any atom is -0.368 e. The third-order valence-corrected chi connectivity index (χ3v) is 2.75. The third-order valence-electron chi connectivity index (χ3n) is 2.49. The fraction of sp³-hybridized carbons (Fsp3) is 0.545. The molecule has 0 amide bonds. The molecule has 2 rings (SSSR count). The molecular weight excluding hydrogens is 270 g/mol. The van der Waals surface area contributed by atoms with Gasteiger partial charge in [0.1, 0.15) is 5.52 Å². The van der Waals surface area contributed by atoms with Gasteiger partial charge in [0.25, 0.3) is 0 Å². The molecule has 2 N–H and O–H groups in total. The summed E-state index contributed by atoms with van der Waals surface area (Å²) in [6.07, 6.45) is 1.26. The maximum atomic E-state index is 5.97. The average Bonchev–Trinajstić information content (AvgIpc) is 2.73. The number of hydrogen-bond donors (Lipinski definition) is 1. The second kappa shape index (κ2) is 6.14. The van der Waals surface area contributed by atoms with Gasteiger partial charge in [-0.1, -0.05) is 11.6 Å². The van der Waals surface area contributed by atoms with E-state index in [1.54, 1.807) is 10.9 Å². The number of ether oxygens (including phenoxy) is 2. The van der Waals surface area contributed by atoms with Crippen molar-refractivity contribution in [1.29, 1.82) is 0 Å². The van der Waals surface area contributed by atoms with E-state index in [0.29, 0.717) is 30.9 Å². The standard InChI is InChI=1S/C11H16ClN5O2/c1-3-18-7(19-4-2)5-17-6-14-8-9(12)15-11(13)16-10(8)17/h6-7H,3-5H2,1-2H3,(H2,13,15,16). The zero-order valence-corrected chi connectivity index (χ0v) is 11.6. The van der Waals surface area contributed by atoms with E-state index in [1.165, 1.54) is 0 Å². The van der Waals surface area contributed by atoms with Crippen LogP contribution in [0, 0.1) is 0 Å². The number of imidazole rings is 1. The highest BCUT2D eigenvalue weighted by molar-refractivity contribution is 6.33. The zero-order chi connectivity index (χ0) is 13.8. The lowest BCUT2D eigenvalue weighted by molar-refractivity contribution is -0.143. The first-order valence-corrected chi connectivity index (χ1v) is 6.40. The SMILES string of the molecule is CCOC(Cn1cnc2c(Cl)nc(N)nc21)OCC. The number of aromatic nitrogens is 4. The van der Waals surface area contributed by atoms with Gasteiger partial charge >= 0.3 is 0 Å². The minimum absolute atomic E-state index is 0.114. The first-order chi connectivity index (χ1) is 9.15. The lowest BCUT2D eigenvalue weighted by Gasteiger charge is -2.17. The molecule has 0 aliphatic heterocycles. The summed E-state index contributed by atoms with van der Waals surface area (Å²) in [5, 5.41) is 0.241. The van der Waals surface area contributed by atoms with Crippen LogP contribution in [0.15, 0.2) is 6.33 Å². The summed E-state index contributed by atoms with van der Waals surface area (Å²) < 4.78 is 12.8. The van der Waals surface area contributed by atoms with Crippen LogP contribution in [0.25, 0.3) is 11.2 Å². The summed E-state index contributed by atoms with van der Waals surface area (Å²) in [6.45, 7) is 5.42. The van der Waals surface area contributed by atoms with Crippen molar-refractivity contribution in [2.45, 2.75) is 26.7 Å². The lowest BCUT2D eigenvalue weighted by atomic mass is 10.5. The molecular formula is C11H16ClN5O2. The maximum Gasteiger partial charge on any atom is 0.223 e. The molecule has 8 heteroatoms. The van der Waals surface area contributed by atoms with Gasteiger partial charge in [-0.2, -0.15) is 9.97 Å². The molecule has 0 spiro atoms. The lowest BCUT2D eigenvalue weighted by Crippen LogP contribution is -2.23. The molecule has 19 heavy (non-hydrogen) atoms. The molecule has 2 aromatic heterocycles. The van der Waals surface area contributed by atoms with Crippen LogP contribution in [0.5, 0.6) is 0 Å². The third kappa shape index (κ3) is 3.12. The molecule has 0 unspecified atom stereocenters.